The molecule has 5 heteroatoms. The van der Waals surface area contributed by atoms with Crippen molar-refractivity contribution in [3.05, 3.63) is 162 Å². The van der Waals surface area contributed by atoms with Crippen LogP contribution in [0.15, 0.2) is 146 Å². The van der Waals surface area contributed by atoms with Gasteiger partial charge in [-0.1, -0.05) is 126 Å². The van der Waals surface area contributed by atoms with Crippen LogP contribution in [0.3, 0.4) is 0 Å². The summed E-state index contributed by atoms with van der Waals surface area (Å²) in [5, 5.41) is 8.00. The molecule has 0 saturated carbocycles. The van der Waals surface area contributed by atoms with E-state index < -0.39 is 0 Å². The number of rotatable bonds is 1. The highest BCUT2D eigenvalue weighted by molar-refractivity contribution is 7.26. The first kappa shape index (κ1) is 33.7. The van der Waals surface area contributed by atoms with Crippen molar-refractivity contribution in [2.75, 3.05) is 4.81 Å². The molecule has 284 valence electrons. The van der Waals surface area contributed by atoms with Crippen molar-refractivity contribution < 1.29 is 0 Å². The van der Waals surface area contributed by atoms with Gasteiger partial charge in [0.05, 0.1) is 11.0 Å². The fraction of sp³-hybridized carbons (Fsp3) is 0.127. The second kappa shape index (κ2) is 11.2. The Labute approximate surface area is 357 Å². The molecular formula is C55H39BN2S2. The lowest BCUT2D eigenvalue weighted by molar-refractivity contribution is 0.590. The van der Waals surface area contributed by atoms with E-state index in [4.69, 9.17) is 0 Å². The summed E-state index contributed by atoms with van der Waals surface area (Å²) >= 11 is 3.82. The summed E-state index contributed by atoms with van der Waals surface area (Å²) in [6, 6.07) is 56.6. The minimum atomic E-state index is -0.129. The molecule has 2 nitrogen and oxygen atoms in total. The van der Waals surface area contributed by atoms with E-state index in [0.29, 0.717) is 0 Å². The molecule has 8 aromatic carbocycles. The lowest BCUT2D eigenvalue weighted by Crippen LogP contribution is -2.60. The predicted molar refractivity (Wildman–Crippen MR) is 262 cm³/mol. The smallest absolute Gasteiger partial charge is 0.333 e. The van der Waals surface area contributed by atoms with Crippen LogP contribution < -0.4 is 15.7 Å². The first-order chi connectivity index (χ1) is 29.1. The van der Waals surface area contributed by atoms with Crippen molar-refractivity contribution in [2.45, 2.75) is 45.4 Å². The second-order valence-electron chi connectivity index (χ2n) is 18.9. The highest BCUT2D eigenvalue weighted by atomic mass is 32.1. The molecule has 0 spiro atoms. The fourth-order valence-corrected chi connectivity index (χ4v) is 13.7. The van der Waals surface area contributed by atoms with Crippen LogP contribution in [0.25, 0.3) is 90.1 Å². The Kier molecular flexibility index (Phi) is 6.26. The standard InChI is InChI=1S/C55H39BN2S2/c1-54(2,3)30-18-20-31(21-19-30)58-46-29-51-40(33-13-7-10-16-48(33)60-51)24-38(46)35-22-23-36-39-27-50-41(34-14-8-11-17-49(34)59-50)26-45(39)57-47-28-43-37(25-44(47)56(58)52(35)53(36)57)32-12-6-9-15-42(32)55(43,4)5/h6-29H,1-5H3. The molecule has 14 rings (SSSR count). The van der Waals surface area contributed by atoms with Crippen LogP contribution in [0.2, 0.25) is 0 Å². The van der Waals surface area contributed by atoms with E-state index in [1.807, 2.05) is 22.7 Å². The maximum atomic E-state index is 2.71. The van der Waals surface area contributed by atoms with Crippen molar-refractivity contribution in [1.82, 2.24) is 4.57 Å². The summed E-state index contributed by atoms with van der Waals surface area (Å²) in [5.74, 6) is 0. The molecule has 0 bridgehead atoms. The Morgan fingerprint density at radius 2 is 1.18 bits per heavy atom. The summed E-state index contributed by atoms with van der Waals surface area (Å²) < 4.78 is 8.03. The molecule has 5 heterocycles. The largest absolute Gasteiger partial charge is 0.376 e. The van der Waals surface area contributed by atoms with Crippen LogP contribution in [0, 0.1) is 0 Å². The maximum Gasteiger partial charge on any atom is 0.333 e. The molecule has 0 amide bonds. The molecule has 0 N–H and O–H groups in total. The van der Waals surface area contributed by atoms with E-state index >= 15 is 0 Å². The zero-order valence-electron chi connectivity index (χ0n) is 34.1. The molecule has 0 saturated heterocycles. The normalized spacial score (nSPS) is 14.8. The monoisotopic (exact) mass is 802 g/mol. The highest BCUT2D eigenvalue weighted by Crippen LogP contribution is 2.53. The third kappa shape index (κ3) is 4.15. The molecular weight excluding hydrogens is 764 g/mol. The third-order valence-electron chi connectivity index (χ3n) is 14.3. The third-order valence-corrected chi connectivity index (χ3v) is 16.6. The minimum Gasteiger partial charge on any atom is -0.376 e. The first-order valence-electron chi connectivity index (χ1n) is 21.2. The Morgan fingerprint density at radius 3 is 1.93 bits per heavy atom. The predicted octanol–water partition coefficient (Wildman–Crippen LogP) is 14.4. The fourth-order valence-electron chi connectivity index (χ4n) is 11.4. The average molecular weight is 803 g/mol. The molecule has 0 atom stereocenters. The van der Waals surface area contributed by atoms with Crippen LogP contribution in [-0.2, 0) is 10.8 Å². The Balaban J connectivity index is 1.17. The molecule has 60 heavy (non-hydrogen) atoms. The number of benzene rings is 8. The topological polar surface area (TPSA) is 8.17 Å². The summed E-state index contributed by atoms with van der Waals surface area (Å²) in [6.07, 6.45) is 0. The molecule has 3 aliphatic rings. The van der Waals surface area contributed by atoms with Gasteiger partial charge in [-0.3, -0.25) is 0 Å². The Morgan fingerprint density at radius 1 is 0.500 bits per heavy atom. The van der Waals surface area contributed by atoms with Gasteiger partial charge in [0.2, 0.25) is 0 Å². The maximum absolute atomic E-state index is 2.71. The molecule has 3 aromatic heterocycles. The number of thiophene rings is 2. The zero-order valence-corrected chi connectivity index (χ0v) is 35.8. The Bertz CT molecular complexity index is 3740. The summed E-state index contributed by atoms with van der Waals surface area (Å²) in [5.41, 5.74) is 18.6. The van der Waals surface area contributed by atoms with Crippen LogP contribution in [0.1, 0.15) is 51.3 Å². The molecule has 2 aliphatic heterocycles. The second-order valence-corrected chi connectivity index (χ2v) is 21.1. The van der Waals surface area contributed by atoms with Crippen molar-refractivity contribution in [2.24, 2.45) is 0 Å². The Hall–Kier alpha value is -6.14. The number of fused-ring (bicyclic) bond motifs is 17. The molecule has 11 aromatic rings. The van der Waals surface area contributed by atoms with Gasteiger partial charge in [0.1, 0.15) is 0 Å². The summed E-state index contributed by atoms with van der Waals surface area (Å²) in [4.78, 5) is 2.71. The number of aromatic nitrogens is 1. The minimum absolute atomic E-state index is 0.0431. The van der Waals surface area contributed by atoms with Crippen LogP contribution in [0.4, 0.5) is 11.4 Å². The van der Waals surface area contributed by atoms with E-state index in [2.05, 4.69) is 190 Å². The van der Waals surface area contributed by atoms with E-state index in [9.17, 15) is 0 Å². The van der Waals surface area contributed by atoms with Gasteiger partial charge >= 0.3 is 6.85 Å². The van der Waals surface area contributed by atoms with E-state index in [1.54, 1.807) is 0 Å². The van der Waals surface area contributed by atoms with E-state index in [-0.39, 0.29) is 17.7 Å². The van der Waals surface area contributed by atoms with Gasteiger partial charge in [0.15, 0.2) is 0 Å². The number of nitrogens with zero attached hydrogens (tertiary/aromatic N) is 2. The van der Waals surface area contributed by atoms with Crippen LogP contribution in [-0.4, -0.2) is 11.4 Å². The molecule has 1 aliphatic carbocycles. The molecule has 0 unspecified atom stereocenters. The average Bonchev–Trinajstić information content (AvgIpc) is 3.97. The van der Waals surface area contributed by atoms with Crippen molar-refractivity contribution in [3.63, 3.8) is 0 Å². The van der Waals surface area contributed by atoms with Gasteiger partial charge < -0.3 is 9.38 Å². The van der Waals surface area contributed by atoms with Crippen LogP contribution >= 0.6 is 22.7 Å². The molecule has 0 fully saturated rings. The number of hydrogen-bond acceptors (Lipinski definition) is 3. The van der Waals surface area contributed by atoms with E-state index in [0.717, 1.165) is 0 Å². The van der Waals surface area contributed by atoms with Gasteiger partial charge in [-0.25, -0.2) is 0 Å². The van der Waals surface area contributed by atoms with Gasteiger partial charge in [0.25, 0.3) is 0 Å². The quantitative estimate of drug-likeness (QED) is 0.150. The SMILES string of the molecule is CC(C)(C)c1ccc(N2B3c4cc5c(cc4-n4c6cc7c(cc6c6ccc(c3c64)-c3cc4c(cc32)sc2ccccc24)sc2ccccc27)C(C)(C)c2ccccc2-5)cc1. The van der Waals surface area contributed by atoms with Crippen molar-refractivity contribution in [3.8, 4) is 27.9 Å². The van der Waals surface area contributed by atoms with Crippen molar-refractivity contribution in [1.29, 1.82) is 0 Å². The summed E-state index contributed by atoms with van der Waals surface area (Å²) in [6.45, 7) is 11.7. The van der Waals surface area contributed by atoms with Crippen LogP contribution in [0.5, 0.6) is 0 Å². The number of hydrogen-bond donors (Lipinski definition) is 0. The van der Waals surface area contributed by atoms with Gasteiger partial charge in [-0.05, 0) is 104 Å². The van der Waals surface area contributed by atoms with Gasteiger partial charge in [-0.15, -0.1) is 22.7 Å². The lowest BCUT2D eigenvalue weighted by Gasteiger charge is -2.42. The lowest BCUT2D eigenvalue weighted by atomic mass is 9.43. The first-order valence-corrected chi connectivity index (χ1v) is 22.8. The highest BCUT2D eigenvalue weighted by Gasteiger charge is 2.46. The molecule has 0 radical (unpaired) electrons. The zero-order chi connectivity index (χ0) is 40.0. The van der Waals surface area contributed by atoms with Gasteiger partial charge in [0, 0.05) is 79.2 Å². The van der Waals surface area contributed by atoms with E-state index in [1.165, 1.54) is 129 Å². The van der Waals surface area contributed by atoms with Crippen molar-refractivity contribution >= 4 is 114 Å². The number of anilines is 2. The van der Waals surface area contributed by atoms with Gasteiger partial charge in [-0.2, -0.15) is 0 Å². The summed E-state index contributed by atoms with van der Waals surface area (Å²) in [7, 11) is 0.